The van der Waals surface area contributed by atoms with Crippen molar-refractivity contribution in [1.29, 1.82) is 0 Å². The molecule has 0 aliphatic carbocycles. The van der Waals surface area contributed by atoms with E-state index in [1.807, 2.05) is 4.58 Å². The number of hydrogen-bond acceptors (Lipinski definition) is 5. The fourth-order valence-electron chi connectivity index (χ4n) is 4.73. The Labute approximate surface area is 200 Å². The maximum atomic E-state index is 13.0. The lowest BCUT2D eigenvalue weighted by Gasteiger charge is -2.25. The summed E-state index contributed by atoms with van der Waals surface area (Å²) in [5.74, 6) is 0.557. The second-order valence-corrected chi connectivity index (χ2v) is 9.32. The molecule has 188 valence electrons. The number of nitrogens with two attached hydrogens (primary N) is 3. The SMILES string of the molecule is CCCCCCCCCCCC[C@@H]1NC(N)=[N+]2CCCC2=C1C(=O)OCCCCN=C(N)N. The molecule has 0 amide bonds. The van der Waals surface area contributed by atoms with Crippen molar-refractivity contribution in [3.63, 3.8) is 0 Å². The maximum Gasteiger partial charge on any atom is 0.348 e. The molecule has 0 saturated carbocycles. The van der Waals surface area contributed by atoms with Gasteiger partial charge in [0.2, 0.25) is 0 Å². The van der Waals surface area contributed by atoms with Crippen LogP contribution in [0.2, 0.25) is 0 Å². The van der Waals surface area contributed by atoms with Gasteiger partial charge in [0.1, 0.15) is 11.6 Å². The van der Waals surface area contributed by atoms with E-state index in [2.05, 4.69) is 17.2 Å². The smallest absolute Gasteiger partial charge is 0.348 e. The zero-order valence-electron chi connectivity index (χ0n) is 20.7. The monoisotopic (exact) mass is 463 g/mol. The molecule has 33 heavy (non-hydrogen) atoms. The summed E-state index contributed by atoms with van der Waals surface area (Å²) in [5.41, 5.74) is 18.8. The number of ether oxygens (including phenoxy) is 1. The van der Waals surface area contributed by atoms with Crippen LogP contribution in [-0.2, 0) is 9.53 Å². The van der Waals surface area contributed by atoms with Crippen molar-refractivity contribution in [2.24, 2.45) is 22.2 Å². The van der Waals surface area contributed by atoms with Gasteiger partial charge in [-0.3, -0.25) is 16.0 Å². The topological polar surface area (TPSA) is 132 Å². The number of fused-ring (bicyclic) bond motifs is 1. The van der Waals surface area contributed by atoms with Gasteiger partial charge < -0.3 is 16.2 Å². The number of allylic oxidation sites excluding steroid dienone is 1. The van der Waals surface area contributed by atoms with E-state index in [0.29, 0.717) is 19.1 Å². The Morgan fingerprint density at radius 2 is 1.70 bits per heavy atom. The molecule has 0 radical (unpaired) electrons. The predicted molar refractivity (Wildman–Crippen MR) is 135 cm³/mol. The van der Waals surface area contributed by atoms with E-state index in [-0.39, 0.29) is 18.0 Å². The second-order valence-electron chi connectivity index (χ2n) is 9.32. The van der Waals surface area contributed by atoms with Gasteiger partial charge in [-0.2, -0.15) is 0 Å². The van der Waals surface area contributed by atoms with E-state index < -0.39 is 0 Å². The summed E-state index contributed by atoms with van der Waals surface area (Å²) in [4.78, 5) is 17.0. The van der Waals surface area contributed by atoms with Crippen LogP contribution in [0, 0.1) is 0 Å². The summed E-state index contributed by atoms with van der Waals surface area (Å²) in [6, 6.07) is -0.0578. The largest absolute Gasteiger partial charge is 0.462 e. The van der Waals surface area contributed by atoms with Gasteiger partial charge in [-0.05, 0) is 32.1 Å². The summed E-state index contributed by atoms with van der Waals surface area (Å²) in [6.45, 7) is 4.04. The minimum Gasteiger partial charge on any atom is -0.462 e. The zero-order valence-corrected chi connectivity index (χ0v) is 20.7. The van der Waals surface area contributed by atoms with E-state index in [9.17, 15) is 4.79 Å². The molecule has 1 fully saturated rings. The van der Waals surface area contributed by atoms with Crippen molar-refractivity contribution in [2.75, 3.05) is 19.7 Å². The normalized spacial score (nSPS) is 17.7. The van der Waals surface area contributed by atoms with Crippen LogP contribution < -0.4 is 22.5 Å². The van der Waals surface area contributed by atoms with Gasteiger partial charge in [0.15, 0.2) is 5.96 Å². The fraction of sp³-hybridized carbons (Fsp3) is 0.800. The summed E-state index contributed by atoms with van der Waals surface area (Å²) < 4.78 is 7.68. The van der Waals surface area contributed by atoms with Crippen LogP contribution >= 0.6 is 0 Å². The van der Waals surface area contributed by atoms with Crippen LogP contribution in [0.1, 0.15) is 103 Å². The number of carbonyl (C=O) groups is 1. The molecule has 0 unspecified atom stereocenters. The van der Waals surface area contributed by atoms with Gasteiger partial charge >= 0.3 is 11.9 Å². The number of rotatable bonds is 17. The standard InChI is InChI=1S/C25H46N6O2/c1-2-3-4-5-6-7-8-9-10-11-15-20-22(21-16-14-18-31(21)25(28)30-20)23(32)33-19-13-12-17-29-24(26)27/h20H,2-19H2,1H3,(H6,26,27,28,29,30)/p+1/t20-/m0/s1. The number of guanidine groups is 2. The van der Waals surface area contributed by atoms with E-state index in [1.165, 1.54) is 57.8 Å². The van der Waals surface area contributed by atoms with E-state index in [4.69, 9.17) is 21.9 Å². The molecule has 8 heteroatoms. The molecular formula is C25H47N6O2+. The van der Waals surface area contributed by atoms with Crippen LogP contribution in [0.5, 0.6) is 0 Å². The number of carbonyl (C=O) groups excluding carboxylic acids is 1. The Kier molecular flexibility index (Phi) is 12.7. The number of nitrogens with one attached hydrogen (secondary N) is 1. The molecule has 0 aromatic rings. The van der Waals surface area contributed by atoms with E-state index in [1.54, 1.807) is 0 Å². The molecule has 0 aromatic heterocycles. The first kappa shape index (κ1) is 27.0. The van der Waals surface area contributed by atoms with Crippen LogP contribution in [0.15, 0.2) is 16.3 Å². The summed E-state index contributed by atoms with van der Waals surface area (Å²) in [5, 5.41) is 3.39. The first-order chi connectivity index (χ1) is 16.0. The molecule has 1 saturated heterocycles. The highest BCUT2D eigenvalue weighted by Crippen LogP contribution is 2.28. The molecule has 0 bridgehead atoms. The number of nitrogens with zero attached hydrogens (tertiary/aromatic N) is 2. The third kappa shape index (κ3) is 9.64. The van der Waals surface area contributed by atoms with Crippen molar-refractivity contribution in [3.05, 3.63) is 11.3 Å². The summed E-state index contributed by atoms with van der Waals surface area (Å²) >= 11 is 0. The first-order valence-electron chi connectivity index (χ1n) is 13.2. The highest BCUT2D eigenvalue weighted by atomic mass is 16.5. The average molecular weight is 464 g/mol. The minimum absolute atomic E-state index is 0.0578. The lowest BCUT2D eigenvalue weighted by molar-refractivity contribution is -0.466. The number of aliphatic imine (C=N–C) groups is 1. The molecule has 2 aliphatic heterocycles. The van der Waals surface area contributed by atoms with Crippen molar-refractivity contribution < 1.29 is 14.1 Å². The predicted octanol–water partition coefficient (Wildman–Crippen LogP) is 3.24. The molecule has 7 N–H and O–H groups in total. The third-order valence-electron chi connectivity index (χ3n) is 6.54. The van der Waals surface area contributed by atoms with Crippen LogP contribution in [0.4, 0.5) is 0 Å². The van der Waals surface area contributed by atoms with Gasteiger partial charge in [-0.15, -0.1) is 0 Å². The fourth-order valence-corrected chi connectivity index (χ4v) is 4.73. The average Bonchev–Trinajstić information content (AvgIpc) is 3.27. The molecule has 0 spiro atoms. The highest BCUT2D eigenvalue weighted by molar-refractivity contribution is 5.92. The maximum absolute atomic E-state index is 13.0. The number of esters is 1. The zero-order chi connectivity index (χ0) is 23.9. The minimum atomic E-state index is -0.212. The molecule has 1 atom stereocenters. The van der Waals surface area contributed by atoms with Gasteiger partial charge in [0.25, 0.3) is 0 Å². The third-order valence-corrected chi connectivity index (χ3v) is 6.54. The Morgan fingerprint density at radius 1 is 1.03 bits per heavy atom. The van der Waals surface area contributed by atoms with E-state index in [0.717, 1.165) is 56.3 Å². The van der Waals surface area contributed by atoms with E-state index >= 15 is 0 Å². The number of unbranched alkanes of at least 4 members (excludes halogenated alkanes) is 10. The van der Waals surface area contributed by atoms with Gasteiger partial charge in [-0.1, -0.05) is 64.7 Å². The summed E-state index contributed by atoms with van der Waals surface area (Å²) in [6.07, 6.45) is 17.3. The first-order valence-corrected chi connectivity index (χ1v) is 13.2. The summed E-state index contributed by atoms with van der Waals surface area (Å²) in [7, 11) is 0. The molecular weight excluding hydrogens is 416 g/mol. The van der Waals surface area contributed by atoms with Crippen LogP contribution in [-0.4, -0.2) is 48.2 Å². The number of hydrogen-bond donors (Lipinski definition) is 4. The molecule has 2 aliphatic rings. The van der Waals surface area contributed by atoms with Crippen LogP contribution in [0.3, 0.4) is 0 Å². The Morgan fingerprint density at radius 3 is 2.36 bits per heavy atom. The van der Waals surface area contributed by atoms with Crippen molar-refractivity contribution >= 4 is 17.9 Å². The lowest BCUT2D eigenvalue weighted by Crippen LogP contribution is -2.51. The Balaban J connectivity index is 1.77. The van der Waals surface area contributed by atoms with Gasteiger partial charge in [0, 0.05) is 13.0 Å². The molecule has 0 aromatic carbocycles. The molecule has 2 rings (SSSR count). The van der Waals surface area contributed by atoms with Crippen LogP contribution in [0.25, 0.3) is 0 Å². The Bertz CT molecular complexity index is 697. The van der Waals surface area contributed by atoms with Crippen molar-refractivity contribution in [2.45, 2.75) is 109 Å². The van der Waals surface area contributed by atoms with Gasteiger partial charge in [0.05, 0.1) is 18.8 Å². The quantitative estimate of drug-likeness (QED) is 0.0861. The van der Waals surface area contributed by atoms with Gasteiger partial charge in [-0.25, -0.2) is 9.37 Å². The van der Waals surface area contributed by atoms with Crippen molar-refractivity contribution in [1.82, 2.24) is 5.32 Å². The van der Waals surface area contributed by atoms with Crippen molar-refractivity contribution in [3.8, 4) is 0 Å². The Hall–Kier alpha value is -2.25. The highest BCUT2D eigenvalue weighted by Gasteiger charge is 2.38. The molecule has 8 nitrogen and oxygen atoms in total. The lowest BCUT2D eigenvalue weighted by atomic mass is 9.96. The molecule has 2 heterocycles. The second kappa shape index (κ2) is 15.6.